The van der Waals surface area contributed by atoms with Gasteiger partial charge in [-0.15, -0.1) is 0 Å². The Labute approximate surface area is 226 Å². The first-order chi connectivity index (χ1) is 19.0. The Kier molecular flexibility index (Phi) is 7.40. The van der Waals surface area contributed by atoms with Gasteiger partial charge in [0.1, 0.15) is 0 Å². The SMILES string of the molecule is CCOC(=O)[C@H]1C(=O)N(CCc2ccccc2)c2nc3ccccc3n2[C@@H]1c1ccc(OC)c(OC)c1OC. The van der Waals surface area contributed by atoms with Crippen molar-refractivity contribution in [2.75, 3.05) is 39.4 Å². The molecule has 1 aliphatic heterocycles. The highest BCUT2D eigenvalue weighted by Gasteiger charge is 2.49. The van der Waals surface area contributed by atoms with Crippen LogP contribution in [0.3, 0.4) is 0 Å². The van der Waals surface area contributed by atoms with E-state index in [-0.39, 0.29) is 12.5 Å². The van der Waals surface area contributed by atoms with Gasteiger partial charge < -0.3 is 23.5 Å². The van der Waals surface area contributed by atoms with Crippen LogP contribution < -0.4 is 19.1 Å². The molecule has 0 aliphatic carbocycles. The van der Waals surface area contributed by atoms with E-state index in [0.717, 1.165) is 11.1 Å². The topological polar surface area (TPSA) is 92.1 Å². The van der Waals surface area contributed by atoms with E-state index in [2.05, 4.69) is 0 Å². The van der Waals surface area contributed by atoms with E-state index in [1.807, 2.05) is 59.2 Å². The molecule has 1 aromatic heterocycles. The van der Waals surface area contributed by atoms with Crippen LogP contribution in [0.15, 0.2) is 66.7 Å². The second-order valence-corrected chi connectivity index (χ2v) is 9.09. The molecule has 0 fully saturated rings. The number of fused-ring (bicyclic) bond motifs is 3. The van der Waals surface area contributed by atoms with Crippen molar-refractivity contribution >= 4 is 28.9 Å². The van der Waals surface area contributed by atoms with Crippen molar-refractivity contribution < 1.29 is 28.5 Å². The molecule has 1 aliphatic rings. The lowest BCUT2D eigenvalue weighted by Gasteiger charge is -2.38. The zero-order valence-corrected chi connectivity index (χ0v) is 22.4. The highest BCUT2D eigenvalue weighted by atomic mass is 16.5. The van der Waals surface area contributed by atoms with Gasteiger partial charge in [-0.1, -0.05) is 42.5 Å². The van der Waals surface area contributed by atoms with E-state index in [0.29, 0.717) is 47.2 Å². The summed E-state index contributed by atoms with van der Waals surface area (Å²) in [5, 5.41) is 0. The molecule has 9 heteroatoms. The Morgan fingerprint density at radius 2 is 1.62 bits per heavy atom. The number of hydrogen-bond donors (Lipinski definition) is 0. The minimum absolute atomic E-state index is 0.139. The second kappa shape index (κ2) is 11.1. The van der Waals surface area contributed by atoms with E-state index in [9.17, 15) is 9.59 Å². The average Bonchev–Trinajstić information content (AvgIpc) is 3.35. The van der Waals surface area contributed by atoms with Crippen molar-refractivity contribution in [2.45, 2.75) is 19.4 Å². The summed E-state index contributed by atoms with van der Waals surface area (Å²) in [7, 11) is 4.57. The fourth-order valence-corrected chi connectivity index (χ4v) is 5.28. The zero-order chi connectivity index (χ0) is 27.5. The molecule has 2 atom stereocenters. The highest BCUT2D eigenvalue weighted by molar-refractivity contribution is 6.08. The number of benzene rings is 3. The second-order valence-electron chi connectivity index (χ2n) is 9.09. The third kappa shape index (κ3) is 4.54. The minimum atomic E-state index is -1.18. The lowest BCUT2D eigenvalue weighted by atomic mass is 9.88. The van der Waals surface area contributed by atoms with E-state index in [1.54, 1.807) is 24.0 Å². The van der Waals surface area contributed by atoms with Gasteiger partial charge in [-0.3, -0.25) is 14.5 Å². The number of methoxy groups -OCH3 is 3. The van der Waals surface area contributed by atoms with Crippen LogP contribution in [0.5, 0.6) is 17.2 Å². The number of ether oxygens (including phenoxy) is 4. The average molecular weight is 530 g/mol. The van der Waals surface area contributed by atoms with Crippen molar-refractivity contribution in [3.05, 3.63) is 77.9 Å². The standard InChI is InChI=1S/C30H31N3O6/c1-5-39-29(35)24-25(20-15-16-23(36-2)27(38-4)26(20)37-3)33-22-14-10-9-13-21(22)31-30(33)32(28(24)34)18-17-19-11-7-6-8-12-19/h6-16,24-25H,5,17-18H2,1-4H3/t24-,25-/m1/s1. The molecule has 202 valence electrons. The fraction of sp³-hybridized carbons (Fsp3) is 0.300. The molecule has 0 saturated heterocycles. The maximum absolute atomic E-state index is 14.2. The molecule has 0 saturated carbocycles. The predicted molar refractivity (Wildman–Crippen MR) is 147 cm³/mol. The lowest BCUT2D eigenvalue weighted by Crippen LogP contribution is -2.50. The number of hydrogen-bond acceptors (Lipinski definition) is 7. The fourth-order valence-electron chi connectivity index (χ4n) is 5.28. The first kappa shape index (κ1) is 26.1. The van der Waals surface area contributed by atoms with Crippen LogP contribution in [0, 0.1) is 5.92 Å². The van der Waals surface area contributed by atoms with Crippen molar-refractivity contribution in [2.24, 2.45) is 5.92 Å². The number of carbonyl (C=O) groups excluding carboxylic acids is 2. The van der Waals surface area contributed by atoms with Gasteiger partial charge in [0.15, 0.2) is 17.4 Å². The van der Waals surface area contributed by atoms with Gasteiger partial charge in [0.05, 0.1) is 45.0 Å². The van der Waals surface area contributed by atoms with E-state index in [4.69, 9.17) is 23.9 Å². The molecule has 2 heterocycles. The number of rotatable bonds is 9. The van der Waals surface area contributed by atoms with Gasteiger partial charge in [-0.25, -0.2) is 4.98 Å². The smallest absolute Gasteiger partial charge is 0.321 e. The Morgan fingerprint density at radius 1 is 0.897 bits per heavy atom. The number of imidazole rings is 1. The number of carbonyl (C=O) groups is 2. The molecule has 4 aromatic rings. The summed E-state index contributed by atoms with van der Waals surface area (Å²) in [6.07, 6.45) is 0.593. The Bertz CT molecular complexity index is 1500. The molecular formula is C30H31N3O6. The molecule has 1 amide bonds. The van der Waals surface area contributed by atoms with Crippen LogP contribution in [0.4, 0.5) is 5.95 Å². The normalized spacial score (nSPS) is 16.6. The molecule has 0 N–H and O–H groups in total. The third-order valence-corrected chi connectivity index (χ3v) is 7.01. The monoisotopic (exact) mass is 529 g/mol. The predicted octanol–water partition coefficient (Wildman–Crippen LogP) is 4.42. The van der Waals surface area contributed by atoms with Crippen molar-refractivity contribution in [1.82, 2.24) is 9.55 Å². The van der Waals surface area contributed by atoms with Gasteiger partial charge in [0.25, 0.3) is 0 Å². The number of para-hydroxylation sites is 2. The number of anilines is 1. The van der Waals surface area contributed by atoms with Crippen molar-refractivity contribution in [1.29, 1.82) is 0 Å². The van der Waals surface area contributed by atoms with Gasteiger partial charge >= 0.3 is 5.97 Å². The number of aromatic nitrogens is 2. The molecule has 0 unspecified atom stereocenters. The van der Waals surface area contributed by atoms with Crippen molar-refractivity contribution in [3.63, 3.8) is 0 Å². The molecule has 0 radical (unpaired) electrons. The summed E-state index contributed by atoms with van der Waals surface area (Å²) in [6, 6.07) is 20.3. The van der Waals surface area contributed by atoms with Crippen LogP contribution in [-0.2, 0) is 20.7 Å². The van der Waals surface area contributed by atoms with E-state index >= 15 is 0 Å². The maximum atomic E-state index is 14.2. The number of esters is 1. The highest BCUT2D eigenvalue weighted by Crippen LogP contribution is 2.48. The van der Waals surface area contributed by atoms with Crippen LogP contribution in [-0.4, -0.2) is 55.9 Å². The Balaban J connectivity index is 1.75. The largest absolute Gasteiger partial charge is 0.493 e. The minimum Gasteiger partial charge on any atom is -0.493 e. The number of amides is 1. The molecular weight excluding hydrogens is 498 g/mol. The summed E-state index contributed by atoms with van der Waals surface area (Å²) in [6.45, 7) is 2.21. The van der Waals surface area contributed by atoms with Crippen LogP contribution in [0.1, 0.15) is 24.1 Å². The summed E-state index contributed by atoms with van der Waals surface area (Å²) in [4.78, 5) is 34.3. The zero-order valence-electron chi connectivity index (χ0n) is 22.4. The lowest BCUT2D eigenvalue weighted by molar-refractivity contribution is -0.153. The molecule has 5 rings (SSSR count). The third-order valence-electron chi connectivity index (χ3n) is 7.01. The van der Waals surface area contributed by atoms with Crippen molar-refractivity contribution in [3.8, 4) is 17.2 Å². The summed E-state index contributed by atoms with van der Waals surface area (Å²) >= 11 is 0. The first-order valence-corrected chi connectivity index (χ1v) is 12.8. The van der Waals surface area contributed by atoms with Gasteiger partial charge in [0.2, 0.25) is 17.6 Å². The van der Waals surface area contributed by atoms with Gasteiger partial charge in [-0.2, -0.15) is 0 Å². The molecule has 9 nitrogen and oxygen atoms in total. The first-order valence-electron chi connectivity index (χ1n) is 12.8. The summed E-state index contributed by atoms with van der Waals surface area (Å²) < 4.78 is 24.3. The Hall–Kier alpha value is -4.53. The Morgan fingerprint density at radius 3 is 2.31 bits per heavy atom. The maximum Gasteiger partial charge on any atom is 0.321 e. The van der Waals surface area contributed by atoms with Gasteiger partial charge in [-0.05, 0) is 43.2 Å². The van der Waals surface area contributed by atoms with Crippen LogP contribution in [0.25, 0.3) is 11.0 Å². The molecule has 0 spiro atoms. The van der Waals surface area contributed by atoms with Gasteiger partial charge in [0, 0.05) is 12.1 Å². The molecule has 3 aromatic carbocycles. The summed E-state index contributed by atoms with van der Waals surface area (Å²) in [5.41, 5.74) is 3.14. The molecule has 39 heavy (non-hydrogen) atoms. The van der Waals surface area contributed by atoms with E-state index in [1.165, 1.54) is 21.3 Å². The van der Waals surface area contributed by atoms with E-state index < -0.39 is 17.9 Å². The van der Waals surface area contributed by atoms with Crippen LogP contribution in [0.2, 0.25) is 0 Å². The molecule has 0 bridgehead atoms. The number of nitrogens with zero attached hydrogens (tertiary/aromatic N) is 3. The summed E-state index contributed by atoms with van der Waals surface area (Å²) in [5.74, 6) is -0.521. The van der Waals surface area contributed by atoms with Crippen LogP contribution >= 0.6 is 0 Å². The quantitative estimate of drug-likeness (QED) is 0.234.